The van der Waals surface area contributed by atoms with E-state index >= 15 is 0 Å². The largest absolute Gasteiger partial charge is 0.260 e. The third kappa shape index (κ3) is 1.62. The summed E-state index contributed by atoms with van der Waals surface area (Å²) in [5.41, 5.74) is 2.17. The van der Waals surface area contributed by atoms with Gasteiger partial charge in [0.25, 0.3) is 0 Å². The molecule has 0 saturated heterocycles. The van der Waals surface area contributed by atoms with E-state index in [9.17, 15) is 0 Å². The van der Waals surface area contributed by atoms with Gasteiger partial charge in [0, 0.05) is 12.4 Å². The SMILES string of the molecule is c1ccc(-c2ccnn2C2CCCC2)nc1. The van der Waals surface area contributed by atoms with Gasteiger partial charge in [-0.3, -0.25) is 9.67 Å². The fourth-order valence-electron chi connectivity index (χ4n) is 2.47. The van der Waals surface area contributed by atoms with Gasteiger partial charge in [0.2, 0.25) is 0 Å². The van der Waals surface area contributed by atoms with Crippen molar-refractivity contribution in [2.75, 3.05) is 0 Å². The quantitative estimate of drug-likeness (QED) is 0.767. The average Bonchev–Trinajstić information content (AvgIpc) is 3.01. The Morgan fingerprint density at radius 3 is 2.69 bits per heavy atom. The van der Waals surface area contributed by atoms with E-state index in [0.29, 0.717) is 6.04 Å². The van der Waals surface area contributed by atoms with Gasteiger partial charge >= 0.3 is 0 Å². The van der Waals surface area contributed by atoms with E-state index < -0.39 is 0 Å². The molecule has 0 aromatic carbocycles. The molecule has 0 aliphatic heterocycles. The molecule has 0 spiro atoms. The fourth-order valence-corrected chi connectivity index (χ4v) is 2.47. The summed E-state index contributed by atoms with van der Waals surface area (Å²) in [5, 5.41) is 4.45. The maximum Gasteiger partial charge on any atom is 0.0883 e. The third-order valence-corrected chi connectivity index (χ3v) is 3.27. The highest BCUT2D eigenvalue weighted by Crippen LogP contribution is 2.32. The standard InChI is InChI=1S/C13H15N3/c1-2-6-11(5-1)16-13(8-10-15-16)12-7-3-4-9-14-12/h3-4,7-11H,1-2,5-6H2. The van der Waals surface area contributed by atoms with Crippen LogP contribution >= 0.6 is 0 Å². The van der Waals surface area contributed by atoms with E-state index in [2.05, 4.69) is 20.8 Å². The summed E-state index contributed by atoms with van der Waals surface area (Å²) in [6.07, 6.45) is 8.87. The lowest BCUT2D eigenvalue weighted by Gasteiger charge is -2.13. The van der Waals surface area contributed by atoms with E-state index in [1.54, 1.807) is 0 Å². The van der Waals surface area contributed by atoms with E-state index in [0.717, 1.165) is 11.4 Å². The molecule has 3 nitrogen and oxygen atoms in total. The van der Waals surface area contributed by atoms with Crippen molar-refractivity contribution in [2.45, 2.75) is 31.7 Å². The highest BCUT2D eigenvalue weighted by Gasteiger charge is 2.20. The molecule has 2 aromatic rings. The van der Waals surface area contributed by atoms with Gasteiger partial charge in [-0.15, -0.1) is 0 Å². The van der Waals surface area contributed by atoms with Crippen LogP contribution in [-0.2, 0) is 0 Å². The van der Waals surface area contributed by atoms with Gasteiger partial charge in [-0.05, 0) is 31.0 Å². The van der Waals surface area contributed by atoms with Crippen molar-refractivity contribution >= 4 is 0 Å². The number of nitrogens with zero attached hydrogens (tertiary/aromatic N) is 3. The summed E-state index contributed by atoms with van der Waals surface area (Å²) in [4.78, 5) is 4.39. The molecule has 1 fully saturated rings. The molecule has 82 valence electrons. The van der Waals surface area contributed by atoms with E-state index in [-0.39, 0.29) is 0 Å². The monoisotopic (exact) mass is 213 g/mol. The molecule has 1 aliphatic rings. The maximum absolute atomic E-state index is 4.45. The minimum absolute atomic E-state index is 0.576. The number of aromatic nitrogens is 3. The zero-order valence-corrected chi connectivity index (χ0v) is 9.21. The van der Waals surface area contributed by atoms with Crippen molar-refractivity contribution in [1.82, 2.24) is 14.8 Å². The first-order chi connectivity index (χ1) is 7.95. The third-order valence-electron chi connectivity index (χ3n) is 3.27. The van der Waals surface area contributed by atoms with Gasteiger partial charge in [0.15, 0.2) is 0 Å². The van der Waals surface area contributed by atoms with Crippen molar-refractivity contribution in [3.63, 3.8) is 0 Å². The Kier molecular flexibility index (Phi) is 2.44. The van der Waals surface area contributed by atoms with Crippen LogP contribution in [0.5, 0.6) is 0 Å². The second kappa shape index (κ2) is 4.08. The Labute approximate surface area is 95.1 Å². The van der Waals surface area contributed by atoms with Crippen LogP contribution in [0.25, 0.3) is 11.4 Å². The second-order valence-corrected chi connectivity index (χ2v) is 4.31. The first-order valence-corrected chi connectivity index (χ1v) is 5.90. The summed E-state index contributed by atoms with van der Waals surface area (Å²) in [6, 6.07) is 8.64. The number of hydrogen-bond acceptors (Lipinski definition) is 2. The number of rotatable bonds is 2. The summed E-state index contributed by atoms with van der Waals surface area (Å²) in [7, 11) is 0. The molecule has 0 unspecified atom stereocenters. The van der Waals surface area contributed by atoms with Crippen LogP contribution in [0.3, 0.4) is 0 Å². The average molecular weight is 213 g/mol. The summed E-state index contributed by atoms with van der Waals surface area (Å²) >= 11 is 0. The lowest BCUT2D eigenvalue weighted by molar-refractivity contribution is 0.471. The minimum Gasteiger partial charge on any atom is -0.260 e. The maximum atomic E-state index is 4.45. The van der Waals surface area contributed by atoms with Crippen LogP contribution in [0.1, 0.15) is 31.7 Å². The van der Waals surface area contributed by atoms with Crippen LogP contribution in [0.2, 0.25) is 0 Å². The van der Waals surface area contributed by atoms with Crippen LogP contribution in [0, 0.1) is 0 Å². The van der Waals surface area contributed by atoms with E-state index in [1.165, 1.54) is 25.7 Å². The van der Waals surface area contributed by atoms with Gasteiger partial charge in [-0.25, -0.2) is 0 Å². The van der Waals surface area contributed by atoms with Gasteiger partial charge in [0.05, 0.1) is 17.4 Å². The molecule has 16 heavy (non-hydrogen) atoms. The summed E-state index contributed by atoms with van der Waals surface area (Å²) in [5.74, 6) is 0. The molecule has 1 aliphatic carbocycles. The van der Waals surface area contributed by atoms with Crippen molar-refractivity contribution in [1.29, 1.82) is 0 Å². The molecule has 3 rings (SSSR count). The predicted octanol–water partition coefficient (Wildman–Crippen LogP) is 3.06. The van der Waals surface area contributed by atoms with Crippen LogP contribution in [0.4, 0.5) is 0 Å². The van der Waals surface area contributed by atoms with E-state index in [1.807, 2.05) is 30.6 Å². The fraction of sp³-hybridized carbons (Fsp3) is 0.385. The predicted molar refractivity (Wildman–Crippen MR) is 63.0 cm³/mol. The summed E-state index contributed by atoms with van der Waals surface area (Å²) < 4.78 is 2.15. The van der Waals surface area contributed by atoms with Gasteiger partial charge in [-0.1, -0.05) is 18.9 Å². The molecule has 2 heterocycles. The molecule has 1 saturated carbocycles. The summed E-state index contributed by atoms with van der Waals surface area (Å²) in [6.45, 7) is 0. The minimum atomic E-state index is 0.576. The van der Waals surface area contributed by atoms with Gasteiger partial charge < -0.3 is 0 Å². The molecule has 0 radical (unpaired) electrons. The van der Waals surface area contributed by atoms with Crippen LogP contribution in [0.15, 0.2) is 36.7 Å². The Morgan fingerprint density at radius 2 is 1.94 bits per heavy atom. The lowest BCUT2D eigenvalue weighted by Crippen LogP contribution is -2.08. The molecular weight excluding hydrogens is 198 g/mol. The van der Waals surface area contributed by atoms with Crippen molar-refractivity contribution in [3.8, 4) is 11.4 Å². The first kappa shape index (κ1) is 9.58. The molecule has 0 atom stereocenters. The number of pyridine rings is 1. The van der Waals surface area contributed by atoms with E-state index in [4.69, 9.17) is 0 Å². The van der Waals surface area contributed by atoms with Gasteiger partial charge in [-0.2, -0.15) is 5.10 Å². The second-order valence-electron chi connectivity index (χ2n) is 4.31. The highest BCUT2D eigenvalue weighted by molar-refractivity contribution is 5.53. The molecule has 0 N–H and O–H groups in total. The zero-order chi connectivity index (χ0) is 10.8. The molecule has 0 amide bonds. The Bertz CT molecular complexity index is 455. The molecule has 2 aromatic heterocycles. The molecule has 3 heteroatoms. The van der Waals surface area contributed by atoms with Gasteiger partial charge in [0.1, 0.15) is 0 Å². The number of hydrogen-bond donors (Lipinski definition) is 0. The Hall–Kier alpha value is -1.64. The lowest BCUT2D eigenvalue weighted by atomic mass is 10.2. The van der Waals surface area contributed by atoms with Crippen molar-refractivity contribution in [2.24, 2.45) is 0 Å². The highest BCUT2D eigenvalue weighted by atomic mass is 15.3. The smallest absolute Gasteiger partial charge is 0.0883 e. The Balaban J connectivity index is 1.99. The Morgan fingerprint density at radius 1 is 1.06 bits per heavy atom. The topological polar surface area (TPSA) is 30.7 Å². The van der Waals surface area contributed by atoms with Crippen molar-refractivity contribution in [3.05, 3.63) is 36.7 Å². The molecular formula is C13H15N3. The van der Waals surface area contributed by atoms with Crippen molar-refractivity contribution < 1.29 is 0 Å². The van der Waals surface area contributed by atoms with Crippen LogP contribution in [-0.4, -0.2) is 14.8 Å². The van der Waals surface area contributed by atoms with Crippen LogP contribution < -0.4 is 0 Å². The normalized spacial score (nSPS) is 16.8. The molecule has 0 bridgehead atoms. The first-order valence-electron chi connectivity index (χ1n) is 5.90. The zero-order valence-electron chi connectivity index (χ0n) is 9.21.